The van der Waals surface area contributed by atoms with Crippen molar-refractivity contribution in [2.45, 2.75) is 13.8 Å². The van der Waals surface area contributed by atoms with Gasteiger partial charge >= 0.3 is 5.97 Å². The topological polar surface area (TPSA) is 81.7 Å². The average molecular weight is 369 g/mol. The molecule has 6 heteroatoms. The van der Waals surface area contributed by atoms with Crippen molar-refractivity contribution in [3.8, 4) is 16.9 Å². The van der Waals surface area contributed by atoms with Crippen LogP contribution in [0.3, 0.4) is 0 Å². The van der Waals surface area contributed by atoms with E-state index in [2.05, 4.69) is 5.32 Å². The van der Waals surface area contributed by atoms with E-state index in [0.29, 0.717) is 46.8 Å². The first kappa shape index (κ1) is 20.2. The number of benzene rings is 2. The van der Waals surface area contributed by atoms with Crippen molar-refractivity contribution < 1.29 is 23.9 Å². The predicted octanol–water partition coefficient (Wildman–Crippen LogP) is 3.35. The monoisotopic (exact) mass is 369 g/mol. The molecule has 0 aliphatic heterocycles. The van der Waals surface area contributed by atoms with Gasteiger partial charge in [0, 0.05) is 17.7 Å². The summed E-state index contributed by atoms with van der Waals surface area (Å²) in [6.45, 7) is 4.51. The second kappa shape index (κ2) is 8.98. The number of nitrogens with one attached hydrogen (secondary N) is 1. The van der Waals surface area contributed by atoms with E-state index < -0.39 is 5.97 Å². The SMILES string of the molecule is COC(=O)c1cc(C(=O)NCC(C)C)ccc1-c1cc(OC)ccc1C=O. The highest BCUT2D eigenvalue weighted by molar-refractivity contribution is 6.04. The van der Waals surface area contributed by atoms with Gasteiger partial charge in [-0.1, -0.05) is 19.9 Å². The summed E-state index contributed by atoms with van der Waals surface area (Å²) in [6, 6.07) is 9.68. The Kier molecular flexibility index (Phi) is 6.71. The summed E-state index contributed by atoms with van der Waals surface area (Å²) in [6.07, 6.45) is 0.707. The molecule has 0 unspecified atom stereocenters. The van der Waals surface area contributed by atoms with E-state index in [1.165, 1.54) is 20.3 Å². The van der Waals surface area contributed by atoms with E-state index in [1.807, 2.05) is 13.8 Å². The molecule has 27 heavy (non-hydrogen) atoms. The molecule has 0 fully saturated rings. The molecule has 2 rings (SSSR count). The number of hydrogen-bond acceptors (Lipinski definition) is 5. The van der Waals surface area contributed by atoms with Crippen molar-refractivity contribution in [2.75, 3.05) is 20.8 Å². The van der Waals surface area contributed by atoms with Gasteiger partial charge in [0.05, 0.1) is 19.8 Å². The fourth-order valence-corrected chi connectivity index (χ4v) is 2.60. The van der Waals surface area contributed by atoms with Crippen molar-refractivity contribution in [3.05, 3.63) is 53.1 Å². The summed E-state index contributed by atoms with van der Waals surface area (Å²) in [5.74, 6) is -0.0183. The zero-order chi connectivity index (χ0) is 20.0. The highest BCUT2D eigenvalue weighted by Crippen LogP contribution is 2.31. The number of methoxy groups -OCH3 is 2. The molecule has 0 bridgehead atoms. The minimum Gasteiger partial charge on any atom is -0.497 e. The third kappa shape index (κ3) is 4.73. The first-order chi connectivity index (χ1) is 12.9. The van der Waals surface area contributed by atoms with E-state index in [1.54, 1.807) is 30.3 Å². The molecule has 2 aromatic rings. The number of esters is 1. The number of aldehydes is 1. The Balaban J connectivity index is 2.56. The second-order valence-corrected chi connectivity index (χ2v) is 6.43. The molecule has 0 radical (unpaired) electrons. The minimum atomic E-state index is -0.594. The van der Waals surface area contributed by atoms with Gasteiger partial charge in [0.15, 0.2) is 6.29 Å². The van der Waals surface area contributed by atoms with Crippen molar-refractivity contribution in [1.29, 1.82) is 0 Å². The van der Waals surface area contributed by atoms with E-state index in [9.17, 15) is 14.4 Å². The Morgan fingerprint density at radius 2 is 1.81 bits per heavy atom. The summed E-state index contributed by atoms with van der Waals surface area (Å²) in [5.41, 5.74) is 1.96. The molecule has 0 aliphatic rings. The highest BCUT2D eigenvalue weighted by Gasteiger charge is 2.19. The fourth-order valence-electron chi connectivity index (χ4n) is 2.60. The zero-order valence-corrected chi connectivity index (χ0v) is 15.9. The van der Waals surface area contributed by atoms with Crippen LogP contribution in [0.5, 0.6) is 5.75 Å². The lowest BCUT2D eigenvalue weighted by molar-refractivity contribution is 0.0601. The van der Waals surface area contributed by atoms with Crippen LogP contribution in [0.25, 0.3) is 11.1 Å². The molecule has 0 aliphatic carbocycles. The summed E-state index contributed by atoms with van der Waals surface area (Å²) >= 11 is 0. The van der Waals surface area contributed by atoms with Gasteiger partial charge in [-0.15, -0.1) is 0 Å². The van der Waals surface area contributed by atoms with Crippen LogP contribution in [-0.4, -0.2) is 38.9 Å². The lowest BCUT2D eigenvalue weighted by Gasteiger charge is -2.14. The summed E-state index contributed by atoms with van der Waals surface area (Å²) < 4.78 is 10.1. The number of rotatable bonds is 7. The van der Waals surface area contributed by atoms with Crippen LogP contribution in [0.1, 0.15) is 44.9 Å². The molecular weight excluding hydrogens is 346 g/mol. The van der Waals surface area contributed by atoms with Gasteiger partial charge in [0.25, 0.3) is 5.91 Å². The Morgan fingerprint density at radius 3 is 2.41 bits per heavy atom. The van der Waals surface area contributed by atoms with Crippen LogP contribution >= 0.6 is 0 Å². The molecule has 0 spiro atoms. The van der Waals surface area contributed by atoms with Gasteiger partial charge in [0.2, 0.25) is 0 Å². The molecule has 1 amide bonds. The fraction of sp³-hybridized carbons (Fsp3) is 0.286. The van der Waals surface area contributed by atoms with Crippen molar-refractivity contribution >= 4 is 18.2 Å². The molecule has 0 saturated carbocycles. The van der Waals surface area contributed by atoms with Crippen LogP contribution in [0, 0.1) is 5.92 Å². The Hall–Kier alpha value is -3.15. The molecule has 6 nitrogen and oxygen atoms in total. The number of ether oxygens (including phenoxy) is 2. The van der Waals surface area contributed by atoms with Gasteiger partial charge < -0.3 is 14.8 Å². The van der Waals surface area contributed by atoms with Crippen LogP contribution < -0.4 is 10.1 Å². The lowest BCUT2D eigenvalue weighted by Crippen LogP contribution is -2.27. The van der Waals surface area contributed by atoms with Crippen LogP contribution in [0.2, 0.25) is 0 Å². The quantitative estimate of drug-likeness (QED) is 0.598. The van der Waals surface area contributed by atoms with E-state index in [4.69, 9.17) is 9.47 Å². The largest absolute Gasteiger partial charge is 0.497 e. The van der Waals surface area contributed by atoms with E-state index in [0.717, 1.165) is 0 Å². The molecule has 0 aromatic heterocycles. The number of amides is 1. The normalized spacial score (nSPS) is 10.4. The Labute approximate surface area is 158 Å². The van der Waals surface area contributed by atoms with Gasteiger partial charge in [-0.25, -0.2) is 4.79 Å². The third-order valence-electron chi connectivity index (χ3n) is 4.04. The summed E-state index contributed by atoms with van der Waals surface area (Å²) in [4.78, 5) is 36.1. The maximum atomic E-state index is 12.3. The maximum Gasteiger partial charge on any atom is 0.338 e. The molecule has 0 heterocycles. The molecule has 142 valence electrons. The zero-order valence-electron chi connectivity index (χ0n) is 15.9. The average Bonchev–Trinajstić information content (AvgIpc) is 2.70. The highest BCUT2D eigenvalue weighted by atomic mass is 16.5. The third-order valence-corrected chi connectivity index (χ3v) is 4.04. The standard InChI is InChI=1S/C21H23NO5/c1-13(2)11-22-20(24)14-6-8-17(19(9-14)21(25)27-4)18-10-16(26-3)7-5-15(18)12-23/h5-10,12-13H,11H2,1-4H3,(H,22,24). The molecule has 1 N–H and O–H groups in total. The number of hydrogen-bond donors (Lipinski definition) is 1. The molecule has 0 saturated heterocycles. The minimum absolute atomic E-state index is 0.200. The number of carbonyl (C=O) groups excluding carboxylic acids is 3. The van der Waals surface area contributed by atoms with E-state index >= 15 is 0 Å². The summed E-state index contributed by atoms with van der Waals surface area (Å²) in [7, 11) is 2.78. The van der Waals surface area contributed by atoms with Crippen molar-refractivity contribution in [1.82, 2.24) is 5.32 Å². The predicted molar refractivity (Wildman–Crippen MR) is 102 cm³/mol. The van der Waals surface area contributed by atoms with Crippen LogP contribution in [-0.2, 0) is 4.74 Å². The van der Waals surface area contributed by atoms with Gasteiger partial charge in [-0.3, -0.25) is 9.59 Å². The second-order valence-electron chi connectivity index (χ2n) is 6.43. The number of carbonyl (C=O) groups is 3. The van der Waals surface area contributed by atoms with E-state index in [-0.39, 0.29) is 11.5 Å². The Morgan fingerprint density at radius 1 is 1.07 bits per heavy atom. The Bertz CT molecular complexity index is 858. The first-order valence-corrected chi connectivity index (χ1v) is 8.55. The summed E-state index contributed by atoms with van der Waals surface area (Å²) in [5, 5.41) is 2.82. The van der Waals surface area contributed by atoms with Crippen molar-refractivity contribution in [3.63, 3.8) is 0 Å². The molecular formula is C21H23NO5. The maximum absolute atomic E-state index is 12.3. The van der Waals surface area contributed by atoms with Gasteiger partial charge in [-0.2, -0.15) is 0 Å². The smallest absolute Gasteiger partial charge is 0.338 e. The molecule has 2 aromatic carbocycles. The first-order valence-electron chi connectivity index (χ1n) is 8.55. The lowest BCUT2D eigenvalue weighted by atomic mass is 9.93. The van der Waals surface area contributed by atoms with Crippen LogP contribution in [0.4, 0.5) is 0 Å². The van der Waals surface area contributed by atoms with Crippen molar-refractivity contribution in [2.24, 2.45) is 5.92 Å². The van der Waals surface area contributed by atoms with Gasteiger partial charge in [-0.05, 0) is 47.4 Å². The van der Waals surface area contributed by atoms with Gasteiger partial charge in [0.1, 0.15) is 5.75 Å². The molecule has 0 atom stereocenters. The van der Waals surface area contributed by atoms with Crippen LogP contribution in [0.15, 0.2) is 36.4 Å².